The van der Waals surface area contributed by atoms with Crippen molar-refractivity contribution in [1.29, 1.82) is 0 Å². The molecule has 1 aromatic rings. The molecule has 1 spiro atoms. The lowest BCUT2D eigenvalue weighted by molar-refractivity contribution is 0.722. The van der Waals surface area contributed by atoms with Crippen LogP contribution < -0.4 is 10.1 Å². The largest absolute Gasteiger partial charge is 0.368 e. The summed E-state index contributed by atoms with van der Waals surface area (Å²) in [5.41, 5.74) is 2.30. The van der Waals surface area contributed by atoms with Gasteiger partial charge in [0.05, 0.1) is 14.1 Å². The summed E-state index contributed by atoms with van der Waals surface area (Å²) in [6.45, 7) is 0. The number of benzene rings is 1. The van der Waals surface area contributed by atoms with Crippen LogP contribution in [-0.4, -0.2) is 21.2 Å². The van der Waals surface area contributed by atoms with E-state index in [0.717, 1.165) is 5.54 Å². The molecule has 98 valence electrons. The van der Waals surface area contributed by atoms with E-state index in [1.165, 1.54) is 30.6 Å². The van der Waals surface area contributed by atoms with Crippen LogP contribution >= 0.6 is 0 Å². The highest BCUT2D eigenvalue weighted by Gasteiger charge is 2.52. The van der Waals surface area contributed by atoms with Crippen LogP contribution in [0, 0.1) is 0 Å². The Morgan fingerprint density at radius 3 is 2.63 bits per heavy atom. The van der Waals surface area contributed by atoms with Crippen LogP contribution in [0.15, 0.2) is 48.6 Å². The van der Waals surface area contributed by atoms with Crippen molar-refractivity contribution in [3.8, 4) is 0 Å². The molecule has 3 aliphatic rings. The minimum absolute atomic E-state index is 0.602. The van der Waals surface area contributed by atoms with Crippen molar-refractivity contribution in [1.82, 2.24) is 0 Å². The predicted molar refractivity (Wildman–Crippen MR) is 84.9 cm³/mol. The topological polar surface area (TPSA) is 3.24 Å². The first-order chi connectivity index (χ1) is 9.33. The molecule has 1 saturated heterocycles. The summed E-state index contributed by atoms with van der Waals surface area (Å²) in [5, 5.41) is 1.73. The molecule has 2 heteroatoms. The minimum Gasteiger partial charge on any atom is -0.368 e. The molecule has 1 fully saturated rings. The summed E-state index contributed by atoms with van der Waals surface area (Å²) in [5.74, 6) is 0. The smallest absolute Gasteiger partial charge is 0.0986 e. The van der Waals surface area contributed by atoms with Gasteiger partial charge in [-0.1, -0.05) is 67.4 Å². The molecular formula is C17H21NSi. The molecule has 1 nitrogen and oxygen atoms in total. The molecule has 1 aromatic carbocycles. The van der Waals surface area contributed by atoms with Crippen LogP contribution in [0.3, 0.4) is 0 Å². The Hall–Kier alpha value is -1.28. The van der Waals surface area contributed by atoms with Crippen LogP contribution in [0.4, 0.5) is 5.69 Å². The average molecular weight is 267 g/mol. The molecule has 0 N–H and O–H groups in total. The van der Waals surface area contributed by atoms with Gasteiger partial charge < -0.3 is 4.90 Å². The van der Waals surface area contributed by atoms with Gasteiger partial charge in [0.2, 0.25) is 0 Å². The quantitative estimate of drug-likeness (QED) is 0.651. The zero-order valence-electron chi connectivity index (χ0n) is 11.5. The van der Waals surface area contributed by atoms with Gasteiger partial charge in [-0.3, -0.25) is 0 Å². The molecule has 0 amide bonds. The summed E-state index contributed by atoms with van der Waals surface area (Å²) in [6, 6.07) is 12.8. The number of likely N-dealkylation sites (N-methyl/N-ethyl adjacent to an activating group) is 1. The summed E-state index contributed by atoms with van der Waals surface area (Å²) in [7, 11) is 0.950. The van der Waals surface area contributed by atoms with E-state index in [-0.39, 0.29) is 0 Å². The maximum Gasteiger partial charge on any atom is 0.0986 e. The molecule has 2 heterocycles. The van der Waals surface area contributed by atoms with Crippen molar-refractivity contribution in [2.45, 2.75) is 36.5 Å². The molecule has 0 bridgehead atoms. The Balaban J connectivity index is 1.95. The highest BCUT2D eigenvalue weighted by atomic mass is 28.3. The number of nitrogens with zero attached hydrogens (tertiary/aromatic N) is 1. The fourth-order valence-electron chi connectivity index (χ4n) is 4.63. The predicted octanol–water partition coefficient (Wildman–Crippen LogP) is 3.45. The van der Waals surface area contributed by atoms with Gasteiger partial charge in [-0.2, -0.15) is 0 Å². The van der Waals surface area contributed by atoms with E-state index in [0.29, 0.717) is 6.04 Å². The van der Waals surface area contributed by atoms with E-state index >= 15 is 0 Å². The SMILES string of the molecule is CN1c2ccccc2[Si]2(CCCC2)C2C=CC=CC21. The Kier molecular flexibility index (Phi) is 2.49. The van der Waals surface area contributed by atoms with Gasteiger partial charge in [0.1, 0.15) is 0 Å². The Morgan fingerprint density at radius 1 is 1.05 bits per heavy atom. The van der Waals surface area contributed by atoms with Gasteiger partial charge in [0, 0.05) is 18.3 Å². The first kappa shape index (κ1) is 11.5. The molecular weight excluding hydrogens is 246 g/mol. The second kappa shape index (κ2) is 4.10. The Morgan fingerprint density at radius 2 is 1.79 bits per heavy atom. The number of hydrogen-bond acceptors (Lipinski definition) is 1. The van der Waals surface area contributed by atoms with Crippen LogP contribution in [0.5, 0.6) is 0 Å². The molecule has 2 aliphatic heterocycles. The molecule has 19 heavy (non-hydrogen) atoms. The Bertz CT molecular complexity index is 554. The Labute approximate surface area is 116 Å². The third-order valence-corrected chi connectivity index (χ3v) is 11.3. The second-order valence-electron chi connectivity index (χ2n) is 6.28. The molecule has 0 aromatic heterocycles. The van der Waals surface area contributed by atoms with E-state index in [1.807, 2.05) is 0 Å². The monoisotopic (exact) mass is 267 g/mol. The molecule has 2 atom stereocenters. The van der Waals surface area contributed by atoms with Crippen molar-refractivity contribution >= 4 is 18.9 Å². The zero-order valence-corrected chi connectivity index (χ0v) is 12.5. The fraction of sp³-hybridized carbons (Fsp3) is 0.412. The number of anilines is 1. The van der Waals surface area contributed by atoms with E-state index in [4.69, 9.17) is 0 Å². The highest BCUT2D eigenvalue weighted by molar-refractivity contribution is 6.95. The summed E-state index contributed by atoms with van der Waals surface area (Å²) >= 11 is 0. The van der Waals surface area contributed by atoms with Gasteiger partial charge >= 0.3 is 0 Å². The standard InChI is InChI=1S/C17H21NSi/c1-18-14-8-2-4-10-16(14)19(12-6-7-13-19)17-11-5-3-9-15(17)18/h2-5,8-11,14,16H,6-7,12-13H2,1H3. The van der Waals surface area contributed by atoms with E-state index in [9.17, 15) is 0 Å². The number of rotatable bonds is 0. The molecule has 2 unspecified atom stereocenters. The average Bonchev–Trinajstić information content (AvgIpc) is 2.96. The van der Waals surface area contributed by atoms with Crippen molar-refractivity contribution < 1.29 is 0 Å². The maximum absolute atomic E-state index is 2.52. The van der Waals surface area contributed by atoms with Crippen LogP contribution in [-0.2, 0) is 0 Å². The molecule has 0 radical (unpaired) electrons. The van der Waals surface area contributed by atoms with Gasteiger partial charge in [0.15, 0.2) is 0 Å². The summed E-state index contributed by atoms with van der Waals surface area (Å²) < 4.78 is 0. The summed E-state index contributed by atoms with van der Waals surface area (Å²) in [6.07, 6.45) is 12.4. The van der Waals surface area contributed by atoms with Crippen LogP contribution in [0.25, 0.3) is 0 Å². The van der Waals surface area contributed by atoms with Crippen molar-refractivity contribution in [3.05, 3.63) is 48.6 Å². The van der Waals surface area contributed by atoms with Gasteiger partial charge in [0.25, 0.3) is 0 Å². The van der Waals surface area contributed by atoms with Gasteiger partial charge in [-0.05, 0) is 11.3 Å². The normalized spacial score (nSPS) is 30.5. The fourth-order valence-corrected chi connectivity index (χ4v) is 10.9. The van der Waals surface area contributed by atoms with E-state index in [2.05, 4.69) is 60.5 Å². The second-order valence-corrected chi connectivity index (χ2v) is 10.8. The van der Waals surface area contributed by atoms with E-state index < -0.39 is 8.07 Å². The minimum atomic E-state index is -1.32. The van der Waals surface area contributed by atoms with Gasteiger partial charge in [-0.15, -0.1) is 0 Å². The number of fused-ring (bicyclic) bond motifs is 4. The molecule has 4 rings (SSSR count). The van der Waals surface area contributed by atoms with Crippen LogP contribution in [0.2, 0.25) is 17.6 Å². The molecule has 0 saturated carbocycles. The van der Waals surface area contributed by atoms with Gasteiger partial charge in [-0.25, -0.2) is 0 Å². The maximum atomic E-state index is 2.52. The lowest BCUT2D eigenvalue weighted by Crippen LogP contribution is -2.61. The first-order valence-corrected chi connectivity index (χ1v) is 9.99. The highest BCUT2D eigenvalue weighted by Crippen LogP contribution is 2.48. The van der Waals surface area contributed by atoms with Crippen LogP contribution in [0.1, 0.15) is 12.8 Å². The lowest BCUT2D eigenvalue weighted by Gasteiger charge is -2.50. The van der Waals surface area contributed by atoms with Crippen molar-refractivity contribution in [2.75, 3.05) is 11.9 Å². The zero-order chi connectivity index (χ0) is 12.9. The van der Waals surface area contributed by atoms with Crippen molar-refractivity contribution in [2.24, 2.45) is 0 Å². The third kappa shape index (κ3) is 1.46. The third-order valence-electron chi connectivity index (χ3n) is 5.51. The number of para-hydroxylation sites is 1. The number of hydrogen-bond donors (Lipinski definition) is 0. The molecule has 1 aliphatic carbocycles. The number of allylic oxidation sites excluding steroid dienone is 2. The summed E-state index contributed by atoms with van der Waals surface area (Å²) in [4.78, 5) is 2.51. The van der Waals surface area contributed by atoms with E-state index in [1.54, 1.807) is 5.19 Å². The lowest BCUT2D eigenvalue weighted by atomic mass is 10.1. The van der Waals surface area contributed by atoms with Crippen molar-refractivity contribution in [3.63, 3.8) is 0 Å². The first-order valence-electron chi connectivity index (χ1n) is 7.50.